The van der Waals surface area contributed by atoms with Crippen LogP contribution in [0.5, 0.6) is 5.75 Å². The summed E-state index contributed by atoms with van der Waals surface area (Å²) in [6, 6.07) is 13.3. The van der Waals surface area contributed by atoms with Crippen molar-refractivity contribution in [1.29, 1.82) is 5.41 Å². The Hall–Kier alpha value is -4.53. The van der Waals surface area contributed by atoms with Crippen molar-refractivity contribution in [2.24, 2.45) is 5.73 Å². The van der Waals surface area contributed by atoms with Crippen LogP contribution in [-0.4, -0.2) is 47.9 Å². The van der Waals surface area contributed by atoms with E-state index in [0.29, 0.717) is 34.6 Å². The number of methoxy groups -OCH3 is 1. The van der Waals surface area contributed by atoms with Crippen LogP contribution in [0.3, 0.4) is 0 Å². The molecule has 0 saturated heterocycles. The van der Waals surface area contributed by atoms with E-state index >= 15 is 4.39 Å². The van der Waals surface area contributed by atoms with Gasteiger partial charge in [-0.25, -0.2) is 18.6 Å². The number of aromatic nitrogens is 2. The number of amides is 2. The molecular weight excluding hydrogens is 699 g/mol. The lowest BCUT2D eigenvalue weighted by Crippen LogP contribution is -2.40. The van der Waals surface area contributed by atoms with Gasteiger partial charge < -0.3 is 31.2 Å². The van der Waals surface area contributed by atoms with Gasteiger partial charge in [0.05, 0.1) is 24.0 Å². The van der Waals surface area contributed by atoms with E-state index < -0.39 is 29.3 Å². The topological polar surface area (TPSA) is 156 Å². The van der Waals surface area contributed by atoms with Crippen molar-refractivity contribution in [3.63, 3.8) is 0 Å². The maximum atomic E-state index is 15.4. The van der Waals surface area contributed by atoms with Gasteiger partial charge in [-0.1, -0.05) is 54.9 Å². The van der Waals surface area contributed by atoms with Crippen LogP contribution in [0.15, 0.2) is 66.0 Å². The molecule has 49 heavy (non-hydrogen) atoms. The molecule has 2 amide bonds. The van der Waals surface area contributed by atoms with Crippen LogP contribution < -0.4 is 26.4 Å². The van der Waals surface area contributed by atoms with Gasteiger partial charge in [-0.15, -0.1) is 0 Å². The molecule has 3 aromatic carbocycles. The summed E-state index contributed by atoms with van der Waals surface area (Å²) in [4.78, 5) is 28.1. The van der Waals surface area contributed by atoms with E-state index in [9.17, 15) is 14.0 Å². The molecule has 0 aliphatic carbocycles. The van der Waals surface area contributed by atoms with Crippen LogP contribution in [0.1, 0.15) is 43.5 Å². The van der Waals surface area contributed by atoms with Crippen LogP contribution in [0.2, 0.25) is 10.0 Å². The lowest BCUT2D eigenvalue weighted by atomic mass is 9.81. The maximum absolute atomic E-state index is 15.4. The number of nitrogens with one attached hydrogen (secondary N) is 4. The van der Waals surface area contributed by atoms with Crippen LogP contribution in [0.25, 0.3) is 5.69 Å². The largest absolute Gasteiger partial charge is 0.495 e. The number of nitrogens with two attached hydrogens (primary N) is 1. The van der Waals surface area contributed by atoms with Gasteiger partial charge in [-0.2, -0.15) is 0 Å². The number of carbonyl (C=O) groups excluding carboxylic acids is 2. The zero-order valence-electron chi connectivity index (χ0n) is 26.8. The minimum Gasteiger partial charge on any atom is -0.495 e. The number of guanidine groups is 1. The molecule has 0 unspecified atom stereocenters. The lowest BCUT2D eigenvalue weighted by Gasteiger charge is -2.28. The standard InChI is InChI=1S/C33H35Cl2F2N7O4S/c1-33(2,19-6-11-24(34)27(13-19)47-3)28-16-41-32(44(28)22-9-7-20(36)8-10-22)49-17-23-25(35)14-21(15-26(23)37)42-31(46)43-29(48-18-45)5-4-12-40-30(38)39/h6-11,13-16,18,29H,4-5,12,17H2,1-3H3,(H4,38,39,40)(H2,42,43,46)/t29-/m1/s1. The Labute approximate surface area is 296 Å². The molecule has 6 N–H and O–H groups in total. The van der Waals surface area contributed by atoms with Gasteiger partial charge >= 0.3 is 6.03 Å². The van der Waals surface area contributed by atoms with Gasteiger partial charge in [0.25, 0.3) is 6.47 Å². The summed E-state index contributed by atoms with van der Waals surface area (Å²) in [5.74, 6) is -0.677. The Morgan fingerprint density at radius 2 is 1.88 bits per heavy atom. The Morgan fingerprint density at radius 1 is 1.14 bits per heavy atom. The predicted octanol–water partition coefficient (Wildman–Crippen LogP) is 6.97. The fourth-order valence-corrected chi connectivity index (χ4v) is 6.50. The molecule has 0 aliphatic rings. The van der Waals surface area contributed by atoms with Gasteiger partial charge in [0.15, 0.2) is 17.3 Å². The molecule has 4 aromatic rings. The number of ether oxygens (including phenoxy) is 2. The highest BCUT2D eigenvalue weighted by Gasteiger charge is 2.30. The van der Waals surface area contributed by atoms with E-state index in [1.165, 1.54) is 37.1 Å². The Balaban J connectivity index is 1.54. The van der Waals surface area contributed by atoms with Crippen LogP contribution in [0, 0.1) is 17.0 Å². The van der Waals surface area contributed by atoms with Crippen molar-refractivity contribution < 1.29 is 27.8 Å². The Bertz CT molecular complexity index is 1790. The summed E-state index contributed by atoms with van der Waals surface area (Å²) in [5.41, 5.74) is 7.18. The highest BCUT2D eigenvalue weighted by Crippen LogP contribution is 2.40. The van der Waals surface area contributed by atoms with Crippen molar-refractivity contribution in [1.82, 2.24) is 20.2 Å². The third-order valence-corrected chi connectivity index (χ3v) is 9.17. The van der Waals surface area contributed by atoms with Gasteiger partial charge in [-0.05, 0) is 60.5 Å². The SMILES string of the molecule is COc1cc(C(C)(C)c2cnc(SCc3c(F)cc(NC(=O)N[C@@H](CCCNC(=N)N)OC=O)cc3Cl)n2-c2ccc(F)cc2)ccc1Cl. The molecule has 1 aromatic heterocycles. The number of hydrogen-bond acceptors (Lipinski definition) is 7. The average Bonchev–Trinajstić information content (AvgIpc) is 3.48. The van der Waals surface area contributed by atoms with Crippen molar-refractivity contribution >= 4 is 59.1 Å². The second kappa shape index (κ2) is 16.7. The zero-order chi connectivity index (χ0) is 35.7. The summed E-state index contributed by atoms with van der Waals surface area (Å²) in [6.45, 7) is 4.56. The van der Waals surface area contributed by atoms with Crippen LogP contribution >= 0.6 is 35.0 Å². The third-order valence-electron chi connectivity index (χ3n) is 7.54. The number of halogens is 4. The van der Waals surface area contributed by atoms with Crippen molar-refractivity contribution in [3.8, 4) is 11.4 Å². The minimum atomic E-state index is -0.969. The molecule has 0 saturated carbocycles. The summed E-state index contributed by atoms with van der Waals surface area (Å²) in [6.07, 6.45) is 1.42. The van der Waals surface area contributed by atoms with Crippen LogP contribution in [0.4, 0.5) is 19.3 Å². The smallest absolute Gasteiger partial charge is 0.322 e. The second-order valence-corrected chi connectivity index (χ2v) is 13.0. The number of anilines is 1. The Morgan fingerprint density at radius 3 is 2.53 bits per heavy atom. The van der Waals surface area contributed by atoms with Crippen molar-refractivity contribution in [2.45, 2.75) is 49.2 Å². The molecule has 0 bridgehead atoms. The minimum absolute atomic E-state index is 0.0625. The molecule has 0 spiro atoms. The molecule has 0 aliphatic heterocycles. The summed E-state index contributed by atoms with van der Waals surface area (Å²) in [7, 11) is 1.54. The van der Waals surface area contributed by atoms with Crippen molar-refractivity contribution in [3.05, 3.63) is 99.3 Å². The fourth-order valence-electron chi connectivity index (χ4n) is 4.93. The molecule has 0 fully saturated rings. The highest BCUT2D eigenvalue weighted by molar-refractivity contribution is 7.98. The first-order valence-electron chi connectivity index (χ1n) is 14.9. The van der Waals surface area contributed by atoms with E-state index in [4.69, 9.17) is 43.8 Å². The third kappa shape index (κ3) is 9.55. The molecule has 0 radical (unpaired) electrons. The molecule has 260 valence electrons. The van der Waals surface area contributed by atoms with Crippen molar-refractivity contribution in [2.75, 3.05) is 19.0 Å². The molecular formula is C33H35Cl2F2N7O4S. The van der Waals surface area contributed by atoms with E-state index in [1.807, 2.05) is 30.5 Å². The predicted molar refractivity (Wildman–Crippen MR) is 187 cm³/mol. The number of hydrogen-bond donors (Lipinski definition) is 5. The van der Waals surface area contributed by atoms with E-state index in [-0.39, 0.29) is 40.9 Å². The van der Waals surface area contributed by atoms with E-state index in [2.05, 4.69) is 20.9 Å². The van der Waals surface area contributed by atoms with Gasteiger partial charge in [0.2, 0.25) is 0 Å². The Kier molecular flexibility index (Phi) is 12.7. The molecule has 11 nitrogen and oxygen atoms in total. The fraction of sp³-hybridized carbons (Fsp3) is 0.273. The number of thioether (sulfide) groups is 1. The lowest BCUT2D eigenvalue weighted by molar-refractivity contribution is -0.134. The number of urea groups is 1. The number of rotatable bonds is 15. The van der Waals surface area contributed by atoms with E-state index in [1.54, 1.807) is 24.4 Å². The van der Waals surface area contributed by atoms with Gasteiger partial charge in [0, 0.05) is 46.1 Å². The first-order valence-corrected chi connectivity index (χ1v) is 16.6. The highest BCUT2D eigenvalue weighted by atomic mass is 35.5. The summed E-state index contributed by atoms with van der Waals surface area (Å²) < 4.78 is 41.6. The molecule has 4 rings (SSSR count). The first kappa shape index (κ1) is 37.3. The van der Waals surface area contributed by atoms with E-state index in [0.717, 1.165) is 17.3 Å². The monoisotopic (exact) mass is 733 g/mol. The van der Waals surface area contributed by atoms with Gasteiger partial charge in [0.1, 0.15) is 17.4 Å². The number of nitrogens with zero attached hydrogens (tertiary/aromatic N) is 2. The molecule has 1 atom stereocenters. The molecule has 16 heteroatoms. The second-order valence-electron chi connectivity index (χ2n) is 11.2. The quantitative estimate of drug-likeness (QED) is 0.0219. The molecule has 1 heterocycles. The number of imidazole rings is 1. The summed E-state index contributed by atoms with van der Waals surface area (Å²) in [5, 5.41) is 15.8. The number of benzene rings is 3. The normalized spacial score (nSPS) is 11.8. The zero-order valence-corrected chi connectivity index (χ0v) is 29.1. The maximum Gasteiger partial charge on any atom is 0.322 e. The summed E-state index contributed by atoms with van der Waals surface area (Å²) >= 11 is 14.0. The number of carbonyl (C=O) groups is 2. The van der Waals surface area contributed by atoms with Gasteiger partial charge in [-0.3, -0.25) is 14.8 Å². The van der Waals surface area contributed by atoms with Crippen LogP contribution in [-0.2, 0) is 20.7 Å². The first-order chi connectivity index (χ1) is 23.3. The average molecular weight is 735 g/mol.